The Morgan fingerprint density at radius 3 is 2.65 bits per heavy atom. The molecule has 0 spiro atoms. The average molecular weight is 359 g/mol. The van der Waals surface area contributed by atoms with Gasteiger partial charge in [-0.05, 0) is 50.7 Å². The highest BCUT2D eigenvalue weighted by Crippen LogP contribution is 2.26. The van der Waals surface area contributed by atoms with Crippen LogP contribution in [0.15, 0.2) is 30.3 Å². The van der Waals surface area contributed by atoms with E-state index in [0.29, 0.717) is 19.6 Å². The molecule has 1 aromatic rings. The number of nitrogens with one attached hydrogen (secondary N) is 1. The summed E-state index contributed by atoms with van der Waals surface area (Å²) in [6, 6.07) is 9.45. The minimum atomic E-state index is -0.148. The number of urea groups is 1. The number of anilines is 1. The van der Waals surface area contributed by atoms with Gasteiger partial charge in [-0.1, -0.05) is 18.2 Å². The van der Waals surface area contributed by atoms with Crippen molar-refractivity contribution in [1.82, 2.24) is 9.80 Å². The maximum absolute atomic E-state index is 13.0. The summed E-state index contributed by atoms with van der Waals surface area (Å²) < 4.78 is 0. The van der Waals surface area contributed by atoms with Gasteiger partial charge in [0.15, 0.2) is 0 Å². The molecule has 2 N–H and O–H groups in total. The van der Waals surface area contributed by atoms with Gasteiger partial charge in [0.1, 0.15) is 0 Å². The predicted molar refractivity (Wildman–Crippen MR) is 101 cm³/mol. The molecule has 2 aliphatic rings. The van der Waals surface area contributed by atoms with Gasteiger partial charge in [0, 0.05) is 38.0 Å². The molecular weight excluding hydrogens is 330 g/mol. The highest BCUT2D eigenvalue weighted by molar-refractivity contribution is 5.90. The van der Waals surface area contributed by atoms with Crippen molar-refractivity contribution in [2.45, 2.75) is 38.6 Å². The van der Waals surface area contributed by atoms with E-state index in [1.54, 1.807) is 4.90 Å². The van der Waals surface area contributed by atoms with Gasteiger partial charge >= 0.3 is 6.03 Å². The topological polar surface area (TPSA) is 72.9 Å². The van der Waals surface area contributed by atoms with Crippen LogP contribution in [0.1, 0.15) is 32.6 Å². The first-order chi connectivity index (χ1) is 12.6. The molecule has 1 aromatic carbocycles. The number of hydrogen-bond donors (Lipinski definition) is 2. The van der Waals surface area contributed by atoms with Crippen LogP contribution in [-0.4, -0.2) is 59.1 Å². The Balaban J connectivity index is 1.60. The maximum atomic E-state index is 13.0. The number of aliphatic hydroxyl groups is 1. The first-order valence-corrected chi connectivity index (χ1v) is 9.60. The van der Waals surface area contributed by atoms with Gasteiger partial charge in [-0.3, -0.25) is 4.79 Å². The third-order valence-corrected chi connectivity index (χ3v) is 5.60. The minimum absolute atomic E-state index is 0.132. The molecule has 6 nitrogen and oxygen atoms in total. The van der Waals surface area contributed by atoms with E-state index in [1.165, 1.54) is 0 Å². The van der Waals surface area contributed by atoms with E-state index >= 15 is 0 Å². The number of likely N-dealkylation sites (tertiary alicyclic amines) is 2. The molecule has 3 amide bonds. The van der Waals surface area contributed by atoms with Crippen LogP contribution in [0.5, 0.6) is 0 Å². The van der Waals surface area contributed by atoms with Gasteiger partial charge in [0.2, 0.25) is 5.91 Å². The lowest BCUT2D eigenvalue weighted by Crippen LogP contribution is -2.52. The molecular formula is C20H29N3O3. The number of aliphatic hydroxyl groups excluding tert-OH is 1. The molecule has 0 saturated carbocycles. The monoisotopic (exact) mass is 359 g/mol. The summed E-state index contributed by atoms with van der Waals surface area (Å²) in [4.78, 5) is 29.2. The molecule has 3 rings (SSSR count). The molecule has 0 bridgehead atoms. The second-order valence-corrected chi connectivity index (χ2v) is 7.55. The quantitative estimate of drug-likeness (QED) is 0.871. The van der Waals surface area contributed by atoms with Crippen molar-refractivity contribution in [3.05, 3.63) is 30.3 Å². The van der Waals surface area contributed by atoms with E-state index in [-0.39, 0.29) is 36.4 Å². The van der Waals surface area contributed by atoms with Gasteiger partial charge < -0.3 is 20.2 Å². The molecule has 0 aliphatic carbocycles. The van der Waals surface area contributed by atoms with Crippen molar-refractivity contribution >= 4 is 17.6 Å². The second kappa shape index (κ2) is 8.54. The maximum Gasteiger partial charge on any atom is 0.321 e. The molecule has 142 valence electrons. The van der Waals surface area contributed by atoms with Crippen molar-refractivity contribution in [3.63, 3.8) is 0 Å². The van der Waals surface area contributed by atoms with Gasteiger partial charge in [0.25, 0.3) is 0 Å². The number of nitrogens with zero attached hydrogens (tertiary/aromatic N) is 2. The highest BCUT2D eigenvalue weighted by atomic mass is 16.3. The van der Waals surface area contributed by atoms with Crippen molar-refractivity contribution in [3.8, 4) is 0 Å². The first-order valence-electron chi connectivity index (χ1n) is 9.60. The number of amides is 3. The van der Waals surface area contributed by atoms with Gasteiger partial charge in [-0.25, -0.2) is 4.79 Å². The van der Waals surface area contributed by atoms with Gasteiger partial charge in [-0.15, -0.1) is 0 Å². The van der Waals surface area contributed by atoms with Crippen LogP contribution in [0.25, 0.3) is 0 Å². The van der Waals surface area contributed by atoms with Gasteiger partial charge in [-0.2, -0.15) is 0 Å². The first kappa shape index (κ1) is 18.7. The SMILES string of the molecule is CC1CCC(CO)CN1C(=O)C1CCCN(C(=O)Nc2ccccc2)C1. The normalized spacial score (nSPS) is 26.5. The fourth-order valence-corrected chi connectivity index (χ4v) is 3.96. The number of carbonyl (C=O) groups is 2. The summed E-state index contributed by atoms with van der Waals surface area (Å²) in [5.41, 5.74) is 0.765. The van der Waals surface area contributed by atoms with E-state index in [0.717, 1.165) is 31.4 Å². The van der Waals surface area contributed by atoms with Crippen LogP contribution >= 0.6 is 0 Å². The Labute approximate surface area is 155 Å². The van der Waals surface area contributed by atoms with Crippen LogP contribution in [-0.2, 0) is 4.79 Å². The van der Waals surface area contributed by atoms with Crippen LogP contribution in [0.3, 0.4) is 0 Å². The number of piperidine rings is 2. The lowest BCUT2D eigenvalue weighted by Gasteiger charge is -2.41. The van der Waals surface area contributed by atoms with Crippen LogP contribution in [0, 0.1) is 11.8 Å². The highest BCUT2D eigenvalue weighted by Gasteiger charge is 2.35. The molecule has 2 aliphatic heterocycles. The lowest BCUT2D eigenvalue weighted by atomic mass is 9.90. The molecule has 0 aromatic heterocycles. The summed E-state index contributed by atoms with van der Waals surface area (Å²) in [5.74, 6) is 0.161. The second-order valence-electron chi connectivity index (χ2n) is 7.55. The summed E-state index contributed by atoms with van der Waals surface area (Å²) in [5, 5.41) is 12.3. The van der Waals surface area contributed by atoms with E-state index in [9.17, 15) is 14.7 Å². The summed E-state index contributed by atoms with van der Waals surface area (Å²) >= 11 is 0. The molecule has 2 heterocycles. The number of para-hydroxylation sites is 1. The number of carbonyl (C=O) groups excluding carboxylic acids is 2. The Morgan fingerprint density at radius 2 is 1.92 bits per heavy atom. The van der Waals surface area contributed by atoms with Crippen molar-refractivity contribution in [2.75, 3.05) is 31.6 Å². The lowest BCUT2D eigenvalue weighted by molar-refractivity contribution is -0.141. The zero-order valence-corrected chi connectivity index (χ0v) is 15.4. The molecule has 26 heavy (non-hydrogen) atoms. The fraction of sp³-hybridized carbons (Fsp3) is 0.600. The third-order valence-electron chi connectivity index (χ3n) is 5.60. The third kappa shape index (κ3) is 4.36. The molecule has 6 heteroatoms. The van der Waals surface area contributed by atoms with E-state index in [2.05, 4.69) is 12.2 Å². The predicted octanol–water partition coefficient (Wildman–Crippen LogP) is 2.55. The fourth-order valence-electron chi connectivity index (χ4n) is 3.96. The van der Waals surface area contributed by atoms with Crippen LogP contribution in [0.4, 0.5) is 10.5 Å². The van der Waals surface area contributed by atoms with Crippen LogP contribution in [0.2, 0.25) is 0 Å². The zero-order chi connectivity index (χ0) is 18.5. The summed E-state index contributed by atoms with van der Waals surface area (Å²) in [6.07, 6.45) is 3.56. The molecule has 2 saturated heterocycles. The van der Waals surface area contributed by atoms with E-state index in [4.69, 9.17) is 0 Å². The average Bonchev–Trinajstić information content (AvgIpc) is 2.68. The summed E-state index contributed by atoms with van der Waals surface area (Å²) in [6.45, 7) is 3.98. The smallest absolute Gasteiger partial charge is 0.321 e. The van der Waals surface area contributed by atoms with E-state index in [1.807, 2.05) is 35.2 Å². The number of hydrogen-bond acceptors (Lipinski definition) is 3. The Kier molecular flexibility index (Phi) is 6.14. The largest absolute Gasteiger partial charge is 0.396 e. The number of benzene rings is 1. The van der Waals surface area contributed by atoms with Crippen molar-refractivity contribution in [2.24, 2.45) is 11.8 Å². The van der Waals surface area contributed by atoms with E-state index < -0.39 is 0 Å². The van der Waals surface area contributed by atoms with Gasteiger partial charge in [0.05, 0.1) is 5.92 Å². The number of rotatable bonds is 3. The standard InChI is InChI=1S/C20H29N3O3/c1-15-9-10-16(14-24)12-23(15)19(25)17-6-5-11-22(13-17)20(26)21-18-7-3-2-4-8-18/h2-4,7-8,15-17,24H,5-6,9-14H2,1H3,(H,21,26). The molecule has 2 fully saturated rings. The van der Waals surface area contributed by atoms with Crippen molar-refractivity contribution < 1.29 is 14.7 Å². The Morgan fingerprint density at radius 1 is 1.15 bits per heavy atom. The Bertz CT molecular complexity index is 622. The zero-order valence-electron chi connectivity index (χ0n) is 15.4. The molecule has 0 radical (unpaired) electrons. The van der Waals surface area contributed by atoms with Crippen molar-refractivity contribution in [1.29, 1.82) is 0 Å². The molecule has 3 atom stereocenters. The minimum Gasteiger partial charge on any atom is -0.396 e. The van der Waals surface area contributed by atoms with Crippen LogP contribution < -0.4 is 5.32 Å². The Hall–Kier alpha value is -2.08. The molecule has 3 unspecified atom stereocenters. The summed E-state index contributed by atoms with van der Waals surface area (Å²) in [7, 11) is 0.